The number of carboxylic acids is 1. The number of hydrogen-bond acceptors (Lipinski definition) is 3. The topological polar surface area (TPSA) is 52.6 Å². The monoisotopic (exact) mass is 236 g/mol. The predicted octanol–water partition coefficient (Wildman–Crippen LogP) is 1.49. The van der Waals surface area contributed by atoms with Gasteiger partial charge < -0.3 is 15.3 Å². The van der Waals surface area contributed by atoms with E-state index in [0.717, 1.165) is 5.69 Å². The predicted molar refractivity (Wildman–Crippen MR) is 69.5 cm³/mol. The quantitative estimate of drug-likeness (QED) is 0.786. The third kappa shape index (κ3) is 3.75. The van der Waals surface area contributed by atoms with E-state index in [9.17, 15) is 4.79 Å². The van der Waals surface area contributed by atoms with Crippen molar-refractivity contribution in [1.82, 2.24) is 5.32 Å². The molecule has 1 rings (SSSR count). The fraction of sp³-hybridized carbons (Fsp3) is 0.462. The zero-order valence-electron chi connectivity index (χ0n) is 10.6. The molecule has 0 heterocycles. The smallest absolute Gasteiger partial charge is 0.320 e. The summed E-state index contributed by atoms with van der Waals surface area (Å²) in [6.45, 7) is 2.77. The van der Waals surface area contributed by atoms with Gasteiger partial charge in [-0.3, -0.25) is 4.79 Å². The van der Waals surface area contributed by atoms with Crippen molar-refractivity contribution in [2.75, 3.05) is 25.5 Å². The van der Waals surface area contributed by atoms with Gasteiger partial charge in [0.1, 0.15) is 6.04 Å². The van der Waals surface area contributed by atoms with Gasteiger partial charge in [-0.05, 0) is 32.0 Å². The Morgan fingerprint density at radius 1 is 1.47 bits per heavy atom. The van der Waals surface area contributed by atoms with Crippen LogP contribution in [0.3, 0.4) is 0 Å². The highest BCUT2D eigenvalue weighted by atomic mass is 16.4. The van der Waals surface area contributed by atoms with E-state index in [1.807, 2.05) is 25.2 Å². The van der Waals surface area contributed by atoms with E-state index in [-0.39, 0.29) is 0 Å². The lowest BCUT2D eigenvalue weighted by molar-refractivity contribution is -0.139. The normalized spacial score (nSPS) is 12.2. The van der Waals surface area contributed by atoms with Gasteiger partial charge in [-0.2, -0.15) is 0 Å². The average Bonchev–Trinajstić information content (AvgIpc) is 2.29. The second-order valence-electron chi connectivity index (χ2n) is 4.18. The lowest BCUT2D eigenvalue weighted by atomic mass is 10.1. The molecular formula is C13H20N2O2. The first-order chi connectivity index (χ1) is 8.06. The highest BCUT2D eigenvalue weighted by Crippen LogP contribution is 2.17. The molecule has 0 aliphatic heterocycles. The number of rotatable bonds is 6. The number of benzene rings is 1. The minimum Gasteiger partial charge on any atom is -0.480 e. The second kappa shape index (κ2) is 6.25. The highest BCUT2D eigenvalue weighted by molar-refractivity contribution is 5.73. The van der Waals surface area contributed by atoms with E-state index in [1.165, 1.54) is 5.56 Å². The number of carboxylic acid groups (broad SMARTS) is 1. The van der Waals surface area contributed by atoms with E-state index < -0.39 is 12.0 Å². The standard InChI is InChI=1S/C13H20N2O2/c1-10-6-4-5-7-12(10)15(3)9-8-11(14-2)13(16)17/h4-7,11,14H,8-9H2,1-3H3,(H,16,17). The molecule has 94 valence electrons. The summed E-state index contributed by atoms with van der Waals surface area (Å²) >= 11 is 0. The zero-order valence-corrected chi connectivity index (χ0v) is 10.6. The van der Waals surface area contributed by atoms with Gasteiger partial charge >= 0.3 is 5.97 Å². The molecule has 0 radical (unpaired) electrons. The molecule has 0 fully saturated rings. The number of anilines is 1. The summed E-state index contributed by atoms with van der Waals surface area (Å²) in [6, 6.07) is 7.61. The second-order valence-corrected chi connectivity index (χ2v) is 4.18. The molecule has 0 bridgehead atoms. The molecule has 0 saturated carbocycles. The van der Waals surface area contributed by atoms with Gasteiger partial charge in [-0.1, -0.05) is 18.2 Å². The fourth-order valence-corrected chi connectivity index (χ4v) is 1.83. The van der Waals surface area contributed by atoms with Crippen LogP contribution in [0.2, 0.25) is 0 Å². The Bertz CT molecular complexity index is 379. The minimum atomic E-state index is -0.800. The molecule has 0 aromatic heterocycles. The van der Waals surface area contributed by atoms with E-state index in [0.29, 0.717) is 13.0 Å². The maximum Gasteiger partial charge on any atom is 0.320 e. The number of aryl methyl sites for hydroxylation is 1. The Balaban J connectivity index is 2.58. The SMILES string of the molecule is CNC(CCN(C)c1ccccc1C)C(=O)O. The number of para-hydroxylation sites is 1. The molecule has 0 amide bonds. The maximum atomic E-state index is 10.9. The molecule has 0 aliphatic rings. The van der Waals surface area contributed by atoms with Gasteiger partial charge in [0.05, 0.1) is 0 Å². The largest absolute Gasteiger partial charge is 0.480 e. The molecule has 1 aromatic rings. The van der Waals surface area contributed by atoms with Gasteiger partial charge in [-0.25, -0.2) is 0 Å². The summed E-state index contributed by atoms with van der Waals surface area (Å²) in [4.78, 5) is 13.0. The number of aliphatic carboxylic acids is 1. The number of nitrogens with one attached hydrogen (secondary N) is 1. The van der Waals surface area contributed by atoms with Crippen LogP contribution >= 0.6 is 0 Å². The summed E-state index contributed by atoms with van der Waals surface area (Å²) in [6.07, 6.45) is 0.580. The van der Waals surface area contributed by atoms with Crippen molar-refractivity contribution in [1.29, 1.82) is 0 Å². The summed E-state index contributed by atoms with van der Waals surface area (Å²) < 4.78 is 0. The van der Waals surface area contributed by atoms with E-state index in [4.69, 9.17) is 5.11 Å². The summed E-state index contributed by atoms with van der Waals surface area (Å²) in [5.74, 6) is -0.800. The molecule has 17 heavy (non-hydrogen) atoms. The van der Waals surface area contributed by atoms with Gasteiger partial charge in [-0.15, -0.1) is 0 Å². The Morgan fingerprint density at radius 3 is 2.65 bits per heavy atom. The molecule has 4 heteroatoms. The summed E-state index contributed by atoms with van der Waals surface area (Å²) in [5, 5.41) is 11.7. The Morgan fingerprint density at radius 2 is 2.12 bits per heavy atom. The Kier molecular flexibility index (Phi) is 4.97. The van der Waals surface area contributed by atoms with Crippen LogP contribution in [0.4, 0.5) is 5.69 Å². The van der Waals surface area contributed by atoms with E-state index in [1.54, 1.807) is 7.05 Å². The summed E-state index contributed by atoms with van der Waals surface area (Å²) in [5.41, 5.74) is 2.35. The van der Waals surface area contributed by atoms with Gasteiger partial charge in [0, 0.05) is 19.3 Å². The van der Waals surface area contributed by atoms with Crippen LogP contribution in [-0.2, 0) is 4.79 Å². The molecule has 0 spiro atoms. The zero-order chi connectivity index (χ0) is 12.8. The molecular weight excluding hydrogens is 216 g/mol. The van der Waals surface area contributed by atoms with Crippen LogP contribution in [0.5, 0.6) is 0 Å². The molecule has 4 nitrogen and oxygen atoms in total. The number of likely N-dealkylation sites (N-methyl/N-ethyl adjacent to an activating group) is 1. The van der Waals surface area contributed by atoms with Crippen LogP contribution in [0.25, 0.3) is 0 Å². The number of hydrogen-bond donors (Lipinski definition) is 2. The van der Waals surface area contributed by atoms with Crippen LogP contribution in [0.15, 0.2) is 24.3 Å². The van der Waals surface area contributed by atoms with Gasteiger partial charge in [0.25, 0.3) is 0 Å². The van der Waals surface area contributed by atoms with Crippen molar-refractivity contribution in [3.63, 3.8) is 0 Å². The van der Waals surface area contributed by atoms with Crippen LogP contribution in [0, 0.1) is 6.92 Å². The summed E-state index contributed by atoms with van der Waals surface area (Å²) in [7, 11) is 3.66. The average molecular weight is 236 g/mol. The van der Waals surface area contributed by atoms with Crippen molar-refractivity contribution in [3.05, 3.63) is 29.8 Å². The van der Waals surface area contributed by atoms with Gasteiger partial charge in [0.15, 0.2) is 0 Å². The van der Waals surface area contributed by atoms with Crippen molar-refractivity contribution in [2.45, 2.75) is 19.4 Å². The van der Waals surface area contributed by atoms with Crippen molar-refractivity contribution in [2.24, 2.45) is 0 Å². The Labute approximate surface area is 102 Å². The van der Waals surface area contributed by atoms with Crippen molar-refractivity contribution in [3.8, 4) is 0 Å². The first-order valence-corrected chi connectivity index (χ1v) is 5.73. The Hall–Kier alpha value is -1.55. The molecule has 1 atom stereocenters. The van der Waals surface area contributed by atoms with Crippen molar-refractivity contribution < 1.29 is 9.90 Å². The molecule has 0 aliphatic carbocycles. The molecule has 1 unspecified atom stereocenters. The maximum absolute atomic E-state index is 10.9. The fourth-order valence-electron chi connectivity index (χ4n) is 1.83. The lowest BCUT2D eigenvalue weighted by Crippen LogP contribution is -2.37. The van der Waals surface area contributed by atoms with Crippen molar-refractivity contribution >= 4 is 11.7 Å². The lowest BCUT2D eigenvalue weighted by Gasteiger charge is -2.23. The third-order valence-corrected chi connectivity index (χ3v) is 2.93. The van der Waals surface area contributed by atoms with Crippen LogP contribution < -0.4 is 10.2 Å². The van der Waals surface area contributed by atoms with Crippen LogP contribution in [-0.4, -0.2) is 37.8 Å². The highest BCUT2D eigenvalue weighted by Gasteiger charge is 2.15. The van der Waals surface area contributed by atoms with Gasteiger partial charge in [0.2, 0.25) is 0 Å². The van der Waals surface area contributed by atoms with Crippen LogP contribution in [0.1, 0.15) is 12.0 Å². The number of carbonyl (C=O) groups is 1. The first-order valence-electron chi connectivity index (χ1n) is 5.73. The van der Waals surface area contributed by atoms with E-state index >= 15 is 0 Å². The molecule has 2 N–H and O–H groups in total. The minimum absolute atomic E-state index is 0.485. The number of nitrogens with zero attached hydrogens (tertiary/aromatic N) is 1. The molecule has 1 aromatic carbocycles. The first kappa shape index (κ1) is 13.5. The molecule has 0 saturated heterocycles. The van der Waals surface area contributed by atoms with E-state index in [2.05, 4.69) is 23.2 Å². The third-order valence-electron chi connectivity index (χ3n) is 2.93.